The molecule has 104 valence electrons. The molecule has 0 unspecified atom stereocenters. The molecule has 1 heterocycles. The third kappa shape index (κ3) is 3.96. The molecule has 0 radical (unpaired) electrons. The molecule has 1 aromatic rings. The first-order valence-electron chi connectivity index (χ1n) is 6.87. The van der Waals surface area contributed by atoms with Gasteiger partial charge in [0, 0.05) is 12.6 Å². The van der Waals surface area contributed by atoms with Crippen LogP contribution in [0.3, 0.4) is 0 Å². The molecule has 4 heteroatoms. The van der Waals surface area contributed by atoms with Crippen LogP contribution in [0, 0.1) is 0 Å². The Bertz CT molecular complexity index is 427. The molecule has 1 amide bonds. The Labute approximate surface area is 113 Å². The maximum Gasteiger partial charge on any atom is 0.255 e. The zero-order valence-electron chi connectivity index (χ0n) is 11.3. The van der Waals surface area contributed by atoms with E-state index in [1.54, 1.807) is 18.2 Å². The third-order valence-electron chi connectivity index (χ3n) is 3.47. The number of hydrogen-bond acceptors (Lipinski definition) is 3. The number of carbonyl (C=O) groups excluding carboxylic acids is 1. The number of rotatable bonds is 5. The summed E-state index contributed by atoms with van der Waals surface area (Å²) in [5.74, 6) is -0.204. The number of aromatic hydroxyl groups is 1. The Morgan fingerprint density at radius 3 is 3.00 bits per heavy atom. The molecule has 1 fully saturated rings. The third-order valence-corrected chi connectivity index (χ3v) is 3.47. The highest BCUT2D eigenvalue weighted by Crippen LogP contribution is 2.18. The van der Waals surface area contributed by atoms with Crippen molar-refractivity contribution >= 4 is 5.91 Å². The smallest absolute Gasteiger partial charge is 0.255 e. The Balaban J connectivity index is 1.79. The topological polar surface area (TPSA) is 58.6 Å². The number of amides is 1. The van der Waals surface area contributed by atoms with E-state index in [0.29, 0.717) is 11.7 Å². The Kier molecular flexibility index (Phi) is 4.80. The average molecular weight is 263 g/mol. The molecule has 2 N–H and O–H groups in total. The van der Waals surface area contributed by atoms with Gasteiger partial charge in [-0.3, -0.25) is 4.79 Å². The fourth-order valence-corrected chi connectivity index (χ4v) is 2.35. The van der Waals surface area contributed by atoms with Crippen LogP contribution in [-0.4, -0.2) is 29.8 Å². The van der Waals surface area contributed by atoms with Crippen molar-refractivity contribution in [2.24, 2.45) is 0 Å². The fraction of sp³-hybridized carbons (Fsp3) is 0.533. The zero-order valence-corrected chi connectivity index (χ0v) is 11.3. The average Bonchev–Trinajstić information content (AvgIpc) is 2.90. The van der Waals surface area contributed by atoms with Gasteiger partial charge in [-0.25, -0.2) is 0 Å². The molecule has 0 aliphatic carbocycles. The van der Waals surface area contributed by atoms with Crippen molar-refractivity contribution in [3.63, 3.8) is 0 Å². The lowest BCUT2D eigenvalue weighted by Gasteiger charge is -2.16. The van der Waals surface area contributed by atoms with E-state index in [2.05, 4.69) is 5.32 Å². The van der Waals surface area contributed by atoms with Gasteiger partial charge < -0.3 is 15.2 Å². The summed E-state index contributed by atoms with van der Waals surface area (Å²) < 4.78 is 5.56. The fourth-order valence-electron chi connectivity index (χ4n) is 2.35. The van der Waals surface area contributed by atoms with Gasteiger partial charge in [0.05, 0.1) is 11.7 Å². The minimum absolute atomic E-state index is 0.0197. The van der Waals surface area contributed by atoms with Crippen LogP contribution in [0.4, 0.5) is 0 Å². The number of carbonyl (C=O) groups is 1. The van der Waals surface area contributed by atoms with Gasteiger partial charge >= 0.3 is 0 Å². The molecule has 2 atom stereocenters. The second kappa shape index (κ2) is 6.57. The van der Waals surface area contributed by atoms with Crippen molar-refractivity contribution in [2.75, 3.05) is 6.61 Å². The van der Waals surface area contributed by atoms with Gasteiger partial charge in [0.15, 0.2) is 0 Å². The van der Waals surface area contributed by atoms with Crippen molar-refractivity contribution in [3.05, 3.63) is 29.8 Å². The molecule has 2 rings (SSSR count). The molecule has 1 aliphatic rings. The lowest BCUT2D eigenvalue weighted by molar-refractivity contribution is 0.0897. The van der Waals surface area contributed by atoms with Gasteiger partial charge in [-0.15, -0.1) is 0 Å². The largest absolute Gasteiger partial charge is 0.507 e. The second-order valence-electron chi connectivity index (χ2n) is 5.10. The summed E-state index contributed by atoms with van der Waals surface area (Å²) in [4.78, 5) is 12.0. The molecule has 0 saturated carbocycles. The molecular weight excluding hydrogens is 242 g/mol. The molecule has 0 spiro atoms. The first kappa shape index (κ1) is 13.9. The normalized spacial score (nSPS) is 20.2. The van der Waals surface area contributed by atoms with Crippen molar-refractivity contribution in [3.8, 4) is 5.75 Å². The standard InChI is InChI=1S/C15H21NO3/c1-11(8-9-12-5-4-10-19-12)16-15(18)13-6-2-3-7-14(13)17/h2-3,6-7,11-12,17H,4-5,8-10H2,1H3,(H,16,18)/t11-,12-/m1/s1. The SMILES string of the molecule is C[C@H](CC[C@H]1CCCO1)NC(=O)c1ccccc1O. The van der Waals surface area contributed by atoms with Gasteiger partial charge in [0.2, 0.25) is 0 Å². The maximum atomic E-state index is 12.0. The second-order valence-corrected chi connectivity index (χ2v) is 5.10. The lowest BCUT2D eigenvalue weighted by Crippen LogP contribution is -2.33. The van der Waals surface area contributed by atoms with E-state index in [1.807, 2.05) is 6.92 Å². The summed E-state index contributed by atoms with van der Waals surface area (Å²) in [6.45, 7) is 2.84. The predicted octanol–water partition coefficient (Wildman–Crippen LogP) is 2.47. The van der Waals surface area contributed by atoms with E-state index in [0.717, 1.165) is 32.3 Å². The summed E-state index contributed by atoms with van der Waals surface area (Å²) in [6.07, 6.45) is 4.49. The van der Waals surface area contributed by atoms with Crippen LogP contribution >= 0.6 is 0 Å². The van der Waals surface area contributed by atoms with Gasteiger partial charge in [-0.2, -0.15) is 0 Å². The van der Waals surface area contributed by atoms with Crippen LogP contribution in [0.15, 0.2) is 24.3 Å². The van der Waals surface area contributed by atoms with Crippen LogP contribution in [0.5, 0.6) is 5.75 Å². The molecule has 0 bridgehead atoms. The monoisotopic (exact) mass is 263 g/mol. The number of hydrogen-bond donors (Lipinski definition) is 2. The number of benzene rings is 1. The minimum atomic E-state index is -0.224. The molecule has 1 aliphatic heterocycles. The lowest BCUT2D eigenvalue weighted by atomic mass is 10.1. The Morgan fingerprint density at radius 1 is 1.53 bits per heavy atom. The summed E-state index contributed by atoms with van der Waals surface area (Å²) in [6, 6.07) is 6.67. The van der Waals surface area contributed by atoms with E-state index >= 15 is 0 Å². The molecule has 1 saturated heterocycles. The van der Waals surface area contributed by atoms with E-state index in [4.69, 9.17) is 4.74 Å². The highest BCUT2D eigenvalue weighted by atomic mass is 16.5. The summed E-state index contributed by atoms with van der Waals surface area (Å²) in [7, 11) is 0. The Hall–Kier alpha value is -1.55. The number of nitrogens with one attached hydrogen (secondary N) is 1. The van der Waals surface area contributed by atoms with Gasteiger partial charge in [0.1, 0.15) is 5.75 Å². The van der Waals surface area contributed by atoms with Crippen molar-refractivity contribution < 1.29 is 14.6 Å². The van der Waals surface area contributed by atoms with Crippen LogP contribution < -0.4 is 5.32 Å². The van der Waals surface area contributed by atoms with E-state index < -0.39 is 0 Å². The first-order chi connectivity index (χ1) is 9.16. The van der Waals surface area contributed by atoms with E-state index in [9.17, 15) is 9.90 Å². The predicted molar refractivity (Wildman–Crippen MR) is 73.2 cm³/mol. The number of para-hydroxylation sites is 1. The van der Waals surface area contributed by atoms with Crippen LogP contribution in [0.1, 0.15) is 43.0 Å². The highest BCUT2D eigenvalue weighted by molar-refractivity contribution is 5.96. The summed E-state index contributed by atoms with van der Waals surface area (Å²) >= 11 is 0. The maximum absolute atomic E-state index is 12.0. The van der Waals surface area contributed by atoms with Crippen LogP contribution in [0.2, 0.25) is 0 Å². The van der Waals surface area contributed by atoms with Crippen molar-refractivity contribution in [1.82, 2.24) is 5.32 Å². The number of ether oxygens (including phenoxy) is 1. The molecule has 19 heavy (non-hydrogen) atoms. The van der Waals surface area contributed by atoms with Gasteiger partial charge in [-0.1, -0.05) is 12.1 Å². The van der Waals surface area contributed by atoms with Crippen molar-refractivity contribution in [1.29, 1.82) is 0 Å². The van der Waals surface area contributed by atoms with Crippen LogP contribution in [0.25, 0.3) is 0 Å². The number of phenolic OH excluding ortho intramolecular Hbond substituents is 1. The molecule has 0 aromatic heterocycles. The van der Waals surface area contributed by atoms with Gasteiger partial charge in [-0.05, 0) is 44.7 Å². The summed E-state index contributed by atoms with van der Waals surface area (Å²) in [5.41, 5.74) is 0.325. The summed E-state index contributed by atoms with van der Waals surface area (Å²) in [5, 5.41) is 12.5. The van der Waals surface area contributed by atoms with E-state index in [1.165, 1.54) is 6.07 Å². The zero-order chi connectivity index (χ0) is 13.7. The highest BCUT2D eigenvalue weighted by Gasteiger charge is 2.18. The number of phenols is 1. The first-order valence-corrected chi connectivity index (χ1v) is 6.87. The van der Waals surface area contributed by atoms with Gasteiger partial charge in [0.25, 0.3) is 5.91 Å². The quantitative estimate of drug-likeness (QED) is 0.858. The molecule has 1 aromatic carbocycles. The minimum Gasteiger partial charge on any atom is -0.507 e. The van der Waals surface area contributed by atoms with Crippen LogP contribution in [-0.2, 0) is 4.74 Å². The molecule has 4 nitrogen and oxygen atoms in total. The van der Waals surface area contributed by atoms with Crippen molar-refractivity contribution in [2.45, 2.75) is 44.8 Å². The molecular formula is C15H21NO3. The Morgan fingerprint density at radius 2 is 2.32 bits per heavy atom. The van der Waals surface area contributed by atoms with E-state index in [-0.39, 0.29) is 17.7 Å².